The van der Waals surface area contributed by atoms with Crippen LogP contribution in [0.2, 0.25) is 0 Å². The van der Waals surface area contributed by atoms with Gasteiger partial charge in [0.25, 0.3) is 0 Å². The maximum absolute atomic E-state index is 2.40. The molecule has 0 bridgehead atoms. The van der Waals surface area contributed by atoms with Crippen LogP contribution in [0.4, 0.5) is 0 Å². The second kappa shape index (κ2) is 6.07. The molecule has 0 heteroatoms. The van der Waals surface area contributed by atoms with Crippen LogP contribution >= 0.6 is 0 Å². The molecule has 0 N–H and O–H groups in total. The van der Waals surface area contributed by atoms with Crippen molar-refractivity contribution >= 4 is 0 Å². The van der Waals surface area contributed by atoms with E-state index in [0.29, 0.717) is 10.8 Å². The second-order valence-corrected chi connectivity index (χ2v) is 7.73. The van der Waals surface area contributed by atoms with Crippen LogP contribution in [-0.4, -0.2) is 0 Å². The first-order valence-electron chi connectivity index (χ1n) is 7.09. The molecule has 0 spiro atoms. The Bertz CT molecular complexity index is 163. The van der Waals surface area contributed by atoms with Crippen molar-refractivity contribution in [2.24, 2.45) is 22.7 Å². The molecule has 0 nitrogen and oxygen atoms in total. The largest absolute Gasteiger partial charge is 0.0651 e. The van der Waals surface area contributed by atoms with E-state index in [-0.39, 0.29) is 0 Å². The van der Waals surface area contributed by atoms with Crippen LogP contribution < -0.4 is 0 Å². The second-order valence-electron chi connectivity index (χ2n) is 7.73. The summed E-state index contributed by atoms with van der Waals surface area (Å²) < 4.78 is 0. The Kier molecular flexibility index (Phi) is 6.07. The molecule has 1 unspecified atom stereocenters. The minimum absolute atomic E-state index is 0.438. The van der Waals surface area contributed by atoms with E-state index in [9.17, 15) is 0 Å². The Morgan fingerprint density at radius 3 is 1.56 bits per heavy atom. The third-order valence-electron chi connectivity index (χ3n) is 3.98. The Balaban J connectivity index is 4.26. The lowest BCUT2D eigenvalue weighted by molar-refractivity contribution is 0.0887. The lowest BCUT2D eigenvalue weighted by Crippen LogP contribution is -2.32. The van der Waals surface area contributed by atoms with Crippen molar-refractivity contribution in [1.29, 1.82) is 0 Å². The monoisotopic (exact) mass is 226 g/mol. The van der Waals surface area contributed by atoms with Gasteiger partial charge in [-0.15, -0.1) is 0 Å². The topological polar surface area (TPSA) is 0 Å². The van der Waals surface area contributed by atoms with Crippen molar-refractivity contribution in [2.45, 2.75) is 81.1 Å². The highest BCUT2D eigenvalue weighted by Gasteiger charge is 2.33. The van der Waals surface area contributed by atoms with Crippen molar-refractivity contribution in [2.75, 3.05) is 0 Å². The Hall–Kier alpha value is 0. The highest BCUT2D eigenvalue weighted by Crippen LogP contribution is 2.43. The summed E-state index contributed by atoms with van der Waals surface area (Å²) in [7, 11) is 0. The molecule has 0 amide bonds. The van der Waals surface area contributed by atoms with E-state index in [0.717, 1.165) is 11.8 Å². The molecule has 0 saturated heterocycles. The summed E-state index contributed by atoms with van der Waals surface area (Å²) in [5.74, 6) is 1.73. The molecule has 0 heterocycles. The van der Waals surface area contributed by atoms with Gasteiger partial charge in [-0.25, -0.2) is 0 Å². The zero-order valence-electron chi connectivity index (χ0n) is 13.0. The quantitative estimate of drug-likeness (QED) is 0.546. The van der Waals surface area contributed by atoms with Crippen LogP contribution in [0.15, 0.2) is 0 Å². The fourth-order valence-corrected chi connectivity index (χ4v) is 3.04. The van der Waals surface area contributed by atoms with Crippen molar-refractivity contribution in [3.05, 3.63) is 0 Å². The Labute approximate surface area is 104 Å². The smallest absolute Gasteiger partial charge is 0.0317 e. The molecule has 1 atom stereocenters. The summed E-state index contributed by atoms with van der Waals surface area (Å²) in [6.07, 6.45) is 5.51. The molecule has 0 fully saturated rings. The van der Waals surface area contributed by atoms with Gasteiger partial charge in [0.2, 0.25) is 0 Å². The average molecular weight is 226 g/mol. The van der Waals surface area contributed by atoms with E-state index < -0.39 is 0 Å². The molecule has 0 aromatic rings. The molecular formula is C16H34. The van der Waals surface area contributed by atoms with Crippen LogP contribution in [0.5, 0.6) is 0 Å². The first-order chi connectivity index (χ1) is 7.09. The highest BCUT2D eigenvalue weighted by molar-refractivity contribution is 4.83. The van der Waals surface area contributed by atoms with Crippen LogP contribution in [0.1, 0.15) is 81.1 Å². The maximum atomic E-state index is 2.40. The predicted molar refractivity (Wildman–Crippen MR) is 75.7 cm³/mol. The molecule has 98 valence electrons. The molecule has 0 radical (unpaired) electrons. The fourth-order valence-electron chi connectivity index (χ4n) is 3.04. The van der Waals surface area contributed by atoms with Gasteiger partial charge in [0, 0.05) is 0 Å². The Morgan fingerprint density at radius 2 is 1.25 bits per heavy atom. The summed E-state index contributed by atoms with van der Waals surface area (Å²) in [5, 5.41) is 0. The summed E-state index contributed by atoms with van der Waals surface area (Å²) in [5.41, 5.74) is 0.876. The maximum Gasteiger partial charge on any atom is -0.0317 e. The van der Waals surface area contributed by atoms with Crippen LogP contribution in [0.25, 0.3) is 0 Å². The van der Waals surface area contributed by atoms with Crippen LogP contribution in [0, 0.1) is 22.7 Å². The van der Waals surface area contributed by atoms with Crippen LogP contribution in [-0.2, 0) is 0 Å². The molecule has 0 aromatic heterocycles. The zero-order chi connectivity index (χ0) is 13.0. The SMILES string of the molecule is CCC(C)CCCC(C(C)(C)C)C(C)(C)C. The van der Waals surface area contributed by atoms with E-state index in [1.165, 1.54) is 25.7 Å². The van der Waals surface area contributed by atoms with Gasteiger partial charge in [-0.1, -0.05) is 74.7 Å². The zero-order valence-corrected chi connectivity index (χ0v) is 13.0. The molecule has 0 aliphatic rings. The van der Waals surface area contributed by atoms with Crippen molar-refractivity contribution in [3.63, 3.8) is 0 Å². The van der Waals surface area contributed by atoms with Gasteiger partial charge in [0.05, 0.1) is 0 Å². The third-order valence-corrected chi connectivity index (χ3v) is 3.98. The van der Waals surface area contributed by atoms with E-state index in [1.807, 2.05) is 0 Å². The molecule has 0 aliphatic carbocycles. The number of hydrogen-bond donors (Lipinski definition) is 0. The third kappa shape index (κ3) is 5.92. The lowest BCUT2D eigenvalue weighted by atomic mass is 9.64. The summed E-state index contributed by atoms with van der Waals surface area (Å²) in [6, 6.07) is 0. The van der Waals surface area contributed by atoms with E-state index >= 15 is 0 Å². The summed E-state index contributed by atoms with van der Waals surface area (Å²) >= 11 is 0. The van der Waals surface area contributed by atoms with E-state index in [2.05, 4.69) is 55.4 Å². The van der Waals surface area contributed by atoms with Gasteiger partial charge < -0.3 is 0 Å². The van der Waals surface area contributed by atoms with Gasteiger partial charge in [-0.3, -0.25) is 0 Å². The van der Waals surface area contributed by atoms with Gasteiger partial charge in [0.1, 0.15) is 0 Å². The first kappa shape index (κ1) is 16.0. The molecule has 0 rings (SSSR count). The molecule has 16 heavy (non-hydrogen) atoms. The molecular weight excluding hydrogens is 192 g/mol. The molecule has 0 aliphatic heterocycles. The van der Waals surface area contributed by atoms with Crippen molar-refractivity contribution in [3.8, 4) is 0 Å². The first-order valence-corrected chi connectivity index (χ1v) is 7.09. The lowest BCUT2D eigenvalue weighted by Gasteiger charge is -2.41. The standard InChI is InChI=1S/C16H34/c1-9-13(2)11-10-12-14(15(3,4)5)16(6,7)8/h13-14H,9-12H2,1-8H3. The van der Waals surface area contributed by atoms with Gasteiger partial charge in [-0.2, -0.15) is 0 Å². The fraction of sp³-hybridized carbons (Fsp3) is 1.00. The Morgan fingerprint density at radius 1 is 0.812 bits per heavy atom. The molecule has 0 saturated carbocycles. The average Bonchev–Trinajstić information content (AvgIpc) is 2.07. The van der Waals surface area contributed by atoms with Crippen molar-refractivity contribution in [1.82, 2.24) is 0 Å². The number of hydrogen-bond acceptors (Lipinski definition) is 0. The molecule has 0 aromatic carbocycles. The van der Waals surface area contributed by atoms with Gasteiger partial charge >= 0.3 is 0 Å². The normalized spacial score (nSPS) is 15.6. The van der Waals surface area contributed by atoms with Crippen LogP contribution in [0.3, 0.4) is 0 Å². The highest BCUT2D eigenvalue weighted by atomic mass is 14.4. The van der Waals surface area contributed by atoms with E-state index in [1.54, 1.807) is 0 Å². The minimum atomic E-state index is 0.438. The minimum Gasteiger partial charge on any atom is -0.0651 e. The van der Waals surface area contributed by atoms with E-state index in [4.69, 9.17) is 0 Å². The van der Waals surface area contributed by atoms with Gasteiger partial charge in [-0.05, 0) is 29.1 Å². The van der Waals surface area contributed by atoms with Gasteiger partial charge in [0.15, 0.2) is 0 Å². The summed E-state index contributed by atoms with van der Waals surface area (Å²) in [6.45, 7) is 19.0. The summed E-state index contributed by atoms with van der Waals surface area (Å²) in [4.78, 5) is 0. The predicted octanol–water partition coefficient (Wildman–Crippen LogP) is 5.91. The number of rotatable bonds is 5. The van der Waals surface area contributed by atoms with Crippen molar-refractivity contribution < 1.29 is 0 Å².